The van der Waals surface area contributed by atoms with E-state index >= 15 is 28.8 Å². The number of amides is 10. The van der Waals surface area contributed by atoms with Gasteiger partial charge in [0.05, 0.1) is 18.3 Å². The van der Waals surface area contributed by atoms with Crippen molar-refractivity contribution in [2.75, 3.05) is 33.8 Å². The van der Waals surface area contributed by atoms with E-state index in [4.69, 9.17) is 34.0 Å². The molecule has 2 saturated heterocycles. The number of nitrogens with zero attached hydrogens (tertiary/aromatic N) is 11. The van der Waals surface area contributed by atoms with Crippen molar-refractivity contribution < 1.29 is 76.4 Å². The summed E-state index contributed by atoms with van der Waals surface area (Å²) < 4.78 is 32.9. The van der Waals surface area contributed by atoms with Crippen molar-refractivity contribution in [3.05, 3.63) is 306 Å². The Labute approximate surface area is 871 Å². The topological polar surface area (TPSA) is 393 Å². The molecule has 0 spiro atoms. The van der Waals surface area contributed by atoms with Gasteiger partial charge in [0.2, 0.25) is 47.3 Å². The smallest absolute Gasteiger partial charge is 0.410 e. The van der Waals surface area contributed by atoms with Gasteiger partial charge >= 0.3 is 18.2 Å². The van der Waals surface area contributed by atoms with Gasteiger partial charge in [-0.25, -0.2) is 23.7 Å². The molecule has 11 aromatic rings. The van der Waals surface area contributed by atoms with Gasteiger partial charge in [0.15, 0.2) is 5.82 Å². The fourth-order valence-electron chi connectivity index (χ4n) is 18.6. The van der Waals surface area contributed by atoms with Crippen molar-refractivity contribution in [3.8, 4) is 11.5 Å². The summed E-state index contributed by atoms with van der Waals surface area (Å²) >= 11 is 0. The minimum Gasteiger partial charge on any atom is -0.490 e. The first-order valence-electron chi connectivity index (χ1n) is 50.6. The van der Waals surface area contributed by atoms with Gasteiger partial charge in [-0.3, -0.25) is 48.2 Å². The van der Waals surface area contributed by atoms with Gasteiger partial charge in [-0.05, 0) is 201 Å². The Morgan fingerprint density at radius 3 is 1.30 bits per heavy atom. The first-order valence-corrected chi connectivity index (χ1v) is 50.6. The molecule has 2 aromatic heterocycles. The second kappa shape index (κ2) is 47.6. The first-order chi connectivity index (χ1) is 70.6. The van der Waals surface area contributed by atoms with Crippen LogP contribution in [-0.2, 0) is 95.2 Å². The molecule has 0 bridgehead atoms. The van der Waals surface area contributed by atoms with E-state index in [1.165, 1.54) is 37.7 Å². The lowest BCUT2D eigenvalue weighted by molar-refractivity contribution is -0.158. The maximum Gasteiger partial charge on any atom is 0.410 e. The number of tetrazole rings is 1. The van der Waals surface area contributed by atoms with Gasteiger partial charge in [-0.1, -0.05) is 266 Å². The van der Waals surface area contributed by atoms with Crippen LogP contribution in [0.3, 0.4) is 0 Å². The molecule has 149 heavy (non-hydrogen) atoms. The van der Waals surface area contributed by atoms with Crippen LogP contribution in [0, 0.1) is 16.7 Å². The van der Waals surface area contributed by atoms with Gasteiger partial charge in [0, 0.05) is 59.3 Å². The van der Waals surface area contributed by atoms with Gasteiger partial charge in [-0.2, -0.15) is 0 Å². The Morgan fingerprint density at radius 1 is 0.430 bits per heavy atom. The molecule has 4 heterocycles. The monoisotopic (exact) mass is 2030 g/mol. The van der Waals surface area contributed by atoms with Crippen molar-refractivity contribution in [2.45, 2.75) is 258 Å². The van der Waals surface area contributed by atoms with Gasteiger partial charge < -0.3 is 65.4 Å². The van der Waals surface area contributed by atoms with Crippen LogP contribution in [0.25, 0.3) is 21.5 Å². The molecule has 0 unspecified atom stereocenters. The zero-order valence-electron chi connectivity index (χ0n) is 88.7. The van der Waals surface area contributed by atoms with E-state index in [0.29, 0.717) is 40.3 Å². The van der Waals surface area contributed by atoms with Crippen LogP contribution in [0.4, 0.5) is 9.59 Å². The largest absolute Gasteiger partial charge is 0.490 e. The normalized spacial score (nSPS) is 16.6. The fraction of sp³-hybridized carbons (Fsp3) is 0.414. The summed E-state index contributed by atoms with van der Waals surface area (Å²) in [6, 6.07) is 57.6. The SMILES string of the molecule is C=CCOc1ccc(C[C@H](NC(=O)[C@H](Cc2ccc3ccccc3c2)NC(=O)[C@@H]2C[C@@H](n3cc(COc4ccc(C[C@H](NC(=O)[C@H](Cc5ccc6ccccc6c5)NC(=O)[C@@H]5C[C@H](CC=C)CN5C(=O)[C@@H](NC(=O)[C@H](C)N(C)C(=O)OC(C)(C)C)C(C)(C)C)C(=O)OC(C)(C)C)cc4)nn3)CN2C(=O)[C@@H](NC(=O)[C@H](C)N(C)C(=O)OC(C)(C)C)C(C)(C)C)c2nnnn2C(c2ccccc2)(c2ccccc2)c2ccccc2)cc1. The molecule has 0 aliphatic carbocycles. The van der Waals surface area contributed by atoms with E-state index in [0.717, 1.165) is 53.6 Å². The Morgan fingerprint density at radius 2 is 0.846 bits per heavy atom. The summed E-state index contributed by atoms with van der Waals surface area (Å²) in [4.78, 5) is 170. The summed E-state index contributed by atoms with van der Waals surface area (Å²) in [5, 5.41) is 45.3. The summed E-state index contributed by atoms with van der Waals surface area (Å²) in [5.41, 5.74) is -0.618. The third kappa shape index (κ3) is 28.3. The number of allylic oxidation sites excluding steroid dienone is 1. The molecule has 9 aromatic carbocycles. The number of fused-ring (bicyclic) bond motifs is 2. The van der Waals surface area contributed by atoms with E-state index < -0.39 is 165 Å². The number of hydrogen-bond acceptors (Lipinski definition) is 21. The molecule has 6 N–H and O–H groups in total. The number of carbonyl (C=O) groups excluding carboxylic acids is 11. The van der Waals surface area contributed by atoms with Crippen LogP contribution in [0.1, 0.15) is 200 Å². The average Bonchev–Trinajstić information content (AvgIpc) is 1.21. The lowest BCUT2D eigenvalue weighted by Crippen LogP contribution is -2.61. The number of esters is 1. The minimum atomic E-state index is -1.39. The molecule has 13 rings (SSSR count). The number of nitrogens with one attached hydrogen (secondary N) is 6. The number of hydrogen-bond donors (Lipinski definition) is 6. The van der Waals surface area contributed by atoms with E-state index in [1.807, 2.05) is 200 Å². The van der Waals surface area contributed by atoms with Gasteiger partial charge in [0.1, 0.15) is 107 Å². The summed E-state index contributed by atoms with van der Waals surface area (Å²) in [5.74, 6) is -5.09. The fourth-order valence-corrected chi connectivity index (χ4v) is 18.6. The number of rotatable bonds is 39. The molecular weight excluding hydrogens is 1890 g/mol. The van der Waals surface area contributed by atoms with E-state index in [1.54, 1.807) is 156 Å². The van der Waals surface area contributed by atoms with Crippen molar-refractivity contribution in [1.29, 1.82) is 0 Å². The van der Waals surface area contributed by atoms with Crippen molar-refractivity contribution in [2.24, 2.45) is 16.7 Å². The molecule has 2 aliphatic heterocycles. The molecule has 786 valence electrons. The lowest BCUT2D eigenvalue weighted by Gasteiger charge is -2.37. The molecule has 33 nitrogen and oxygen atoms in total. The predicted octanol–water partition coefficient (Wildman–Crippen LogP) is 15.0. The second-order valence-electron chi connectivity index (χ2n) is 43.8. The number of carbonyl (C=O) groups is 11. The van der Waals surface area contributed by atoms with Crippen LogP contribution in [0.15, 0.2) is 256 Å². The quantitative estimate of drug-likeness (QED) is 0.00902. The Balaban J connectivity index is 0.785. The highest BCUT2D eigenvalue weighted by molar-refractivity contribution is 5.99. The lowest BCUT2D eigenvalue weighted by atomic mass is 9.77. The molecule has 10 amide bonds. The Bertz CT molecular complexity index is 6490. The highest BCUT2D eigenvalue weighted by atomic mass is 16.6. The van der Waals surface area contributed by atoms with Crippen LogP contribution in [-0.4, -0.2) is 225 Å². The number of likely N-dealkylation sites (N-methyl/N-ethyl adjacent to an activating group) is 2. The minimum absolute atomic E-state index is 0.0576. The van der Waals surface area contributed by atoms with E-state index in [2.05, 4.69) is 60.6 Å². The maximum atomic E-state index is 16.4. The average molecular weight is 2030 g/mol. The van der Waals surface area contributed by atoms with Gasteiger partial charge in [0.25, 0.3) is 0 Å². The van der Waals surface area contributed by atoms with E-state index in [9.17, 15) is 24.0 Å². The molecule has 0 radical (unpaired) electrons. The van der Waals surface area contributed by atoms with Crippen LogP contribution < -0.4 is 41.4 Å². The van der Waals surface area contributed by atoms with E-state index in [-0.39, 0.29) is 76.6 Å². The summed E-state index contributed by atoms with van der Waals surface area (Å²) in [7, 11) is 2.86. The highest BCUT2D eigenvalue weighted by Gasteiger charge is 2.51. The van der Waals surface area contributed by atoms with Crippen molar-refractivity contribution in [1.82, 2.24) is 86.7 Å². The third-order valence-corrected chi connectivity index (χ3v) is 26.6. The van der Waals surface area contributed by atoms with Crippen LogP contribution >= 0.6 is 0 Å². The number of benzene rings is 9. The maximum absolute atomic E-state index is 16.4. The number of ether oxygens (including phenoxy) is 5. The predicted molar refractivity (Wildman–Crippen MR) is 568 cm³/mol. The second-order valence-corrected chi connectivity index (χ2v) is 43.8. The van der Waals surface area contributed by atoms with Gasteiger partial charge in [-0.15, -0.1) is 16.8 Å². The number of aromatic nitrogens is 7. The summed E-state index contributed by atoms with van der Waals surface area (Å²) in [6.07, 6.45) is 3.89. The standard InChI is InChI=1S/C116H141N17O16/c1-22-37-79-67-95(130(69-79)106(140)97(111(5,6)7)121-100(134)73(3)128(20)109(143)148-114(14,15)16)104(138)118-93(66-78-49-55-81-39-34-36-41-83(81)62-78)103(137)120-94(108(142)147-113(11,12)13)64-76-52-58-90(59-53-76)146-72-87-70-132(126-123-87)88-68-96(131(71-88)107(141)98(112(8,9)10)122-101(135)74(4)129(21)110(144)149-115(17,18)19)105(139)119-92(65-77-48-54-80-38-33-35-40-82(80)61-77)102(136)117-91(63-75-50-56-89(57-51-75)145-60-23-2)99-124-125-127-133(99)116(84-42-27-24-28-43-84,85-44-29-25-30-45-85)86-46-31-26-32-47-86/h22-36,38-59,61-62,70,73-74,79,88,91-98H,1-2,37,60,63-69,71-72H2,3-21H3,(H,117,136)(H,118,138)(H,119,139)(H,120,137)(H,121,134)(H,122,135)/t73-,74-,79-,88+,91-,92-,93-,94-,95-,96-,97+,98+/m0/s1. The van der Waals surface area contributed by atoms with Crippen molar-refractivity contribution in [3.63, 3.8) is 0 Å². The number of likely N-dealkylation sites (tertiary alicyclic amines) is 2. The molecule has 2 aliphatic rings. The molecule has 2 fully saturated rings. The van der Waals surface area contributed by atoms with Crippen LogP contribution in [0.2, 0.25) is 0 Å². The van der Waals surface area contributed by atoms with Crippen molar-refractivity contribution >= 4 is 87.0 Å². The molecular formula is C116H141N17O16. The third-order valence-electron chi connectivity index (χ3n) is 26.6. The summed E-state index contributed by atoms with van der Waals surface area (Å²) in [6.45, 7) is 36.9. The molecule has 33 heteroatoms. The Hall–Kier alpha value is -15.4. The Kier molecular flexibility index (Phi) is 35.4. The molecule has 12 atom stereocenters. The zero-order valence-corrected chi connectivity index (χ0v) is 88.7. The molecule has 0 saturated carbocycles. The first kappa shape index (κ1) is 111. The van der Waals surface area contributed by atoms with Crippen LogP contribution in [0.5, 0.6) is 11.5 Å². The highest BCUT2D eigenvalue weighted by Crippen LogP contribution is 2.43. The zero-order chi connectivity index (χ0) is 108.